The van der Waals surface area contributed by atoms with E-state index < -0.39 is 0 Å². The van der Waals surface area contributed by atoms with Crippen LogP contribution in [-0.2, 0) is 13.0 Å². The van der Waals surface area contributed by atoms with Crippen molar-refractivity contribution in [3.8, 4) is 5.88 Å². The lowest BCUT2D eigenvalue weighted by Crippen LogP contribution is -2.35. The molecule has 1 fully saturated rings. The largest absolute Gasteiger partial charge is 0.481 e. The Morgan fingerprint density at radius 3 is 2.52 bits per heavy atom. The zero-order chi connectivity index (χ0) is 22.6. The van der Waals surface area contributed by atoms with Gasteiger partial charge >= 0.3 is 0 Å². The molecule has 0 spiro atoms. The monoisotopic (exact) mass is 444 g/mol. The zero-order valence-corrected chi connectivity index (χ0v) is 19.3. The van der Waals surface area contributed by atoms with Gasteiger partial charge in [-0.1, -0.05) is 30.3 Å². The minimum atomic E-state index is 0.0428. The molecule has 6 nitrogen and oxygen atoms in total. The third-order valence-corrected chi connectivity index (χ3v) is 6.95. The van der Waals surface area contributed by atoms with Gasteiger partial charge in [0.1, 0.15) is 5.52 Å². The minimum Gasteiger partial charge on any atom is -0.481 e. The maximum absolute atomic E-state index is 13.1. The molecular formula is C27H32N4O2. The fraction of sp³-hybridized carbons (Fsp3) is 0.407. The number of aromatic nitrogens is 3. The maximum Gasteiger partial charge on any atom is 0.275 e. The standard InChI is InChI=1S/C27H32N4O2/c1-33-25-12-11-23-26(28-25)30-17-7-10-24(30)27(32)31(23)16-6-5-15-29-18-13-22(14-19-29)20-21-8-3-2-4-9-21/h2-4,7-12,17,22H,5-6,13-16,18-20H2,1H3. The summed E-state index contributed by atoms with van der Waals surface area (Å²) in [4.78, 5) is 20.3. The normalized spacial score (nSPS) is 15.4. The fourth-order valence-corrected chi connectivity index (χ4v) is 5.10. The van der Waals surface area contributed by atoms with Gasteiger partial charge in [0, 0.05) is 18.8 Å². The van der Waals surface area contributed by atoms with Crippen molar-refractivity contribution in [3.05, 3.63) is 76.7 Å². The lowest BCUT2D eigenvalue weighted by atomic mass is 9.90. The smallest absolute Gasteiger partial charge is 0.275 e. The van der Waals surface area contributed by atoms with Crippen molar-refractivity contribution in [3.63, 3.8) is 0 Å². The third-order valence-electron chi connectivity index (χ3n) is 6.95. The number of piperidine rings is 1. The summed E-state index contributed by atoms with van der Waals surface area (Å²) in [6, 6.07) is 18.4. The van der Waals surface area contributed by atoms with Crippen molar-refractivity contribution >= 4 is 16.7 Å². The highest BCUT2D eigenvalue weighted by Gasteiger charge is 2.19. The lowest BCUT2D eigenvalue weighted by molar-refractivity contribution is 0.180. The van der Waals surface area contributed by atoms with Crippen molar-refractivity contribution in [2.45, 2.75) is 38.6 Å². The number of fused-ring (bicyclic) bond motifs is 3. The molecule has 4 heterocycles. The molecule has 4 aromatic rings. The summed E-state index contributed by atoms with van der Waals surface area (Å²) in [7, 11) is 1.61. The van der Waals surface area contributed by atoms with E-state index in [1.165, 1.54) is 37.9 Å². The Kier molecular flexibility index (Phi) is 6.44. The average molecular weight is 445 g/mol. The Morgan fingerprint density at radius 1 is 0.939 bits per heavy atom. The summed E-state index contributed by atoms with van der Waals surface area (Å²) >= 11 is 0. The highest BCUT2D eigenvalue weighted by atomic mass is 16.5. The van der Waals surface area contributed by atoms with Gasteiger partial charge < -0.3 is 14.2 Å². The van der Waals surface area contributed by atoms with Crippen LogP contribution in [0.3, 0.4) is 0 Å². The molecule has 1 aromatic carbocycles. The summed E-state index contributed by atoms with van der Waals surface area (Å²) in [6.45, 7) is 4.17. The number of benzene rings is 1. The Bertz CT molecular complexity index is 1270. The molecule has 0 unspecified atom stereocenters. The number of hydrogen-bond donors (Lipinski definition) is 0. The average Bonchev–Trinajstić information content (AvgIpc) is 3.35. The number of hydrogen-bond acceptors (Lipinski definition) is 4. The van der Waals surface area contributed by atoms with Crippen LogP contribution < -0.4 is 10.3 Å². The Hall–Kier alpha value is -3.12. The second-order valence-electron chi connectivity index (χ2n) is 9.10. The Balaban J connectivity index is 1.18. The number of methoxy groups -OCH3 is 1. The highest BCUT2D eigenvalue weighted by Crippen LogP contribution is 2.22. The van der Waals surface area contributed by atoms with Gasteiger partial charge in [0.15, 0.2) is 5.65 Å². The van der Waals surface area contributed by atoms with Gasteiger partial charge in [0.25, 0.3) is 5.56 Å². The van der Waals surface area contributed by atoms with Crippen molar-refractivity contribution < 1.29 is 4.74 Å². The number of ether oxygens (including phenoxy) is 1. The van der Waals surface area contributed by atoms with E-state index in [1.54, 1.807) is 7.11 Å². The van der Waals surface area contributed by atoms with Crippen LogP contribution >= 0.6 is 0 Å². The van der Waals surface area contributed by atoms with Gasteiger partial charge in [0.05, 0.1) is 12.6 Å². The molecule has 1 aliphatic heterocycles. The third kappa shape index (κ3) is 4.67. The van der Waals surface area contributed by atoms with Crippen LogP contribution in [0.5, 0.6) is 5.88 Å². The molecule has 172 valence electrons. The fourth-order valence-electron chi connectivity index (χ4n) is 5.10. The molecule has 0 aliphatic carbocycles. The molecule has 1 saturated heterocycles. The van der Waals surface area contributed by atoms with E-state index in [-0.39, 0.29) is 5.56 Å². The number of nitrogens with zero attached hydrogens (tertiary/aromatic N) is 4. The van der Waals surface area contributed by atoms with E-state index >= 15 is 0 Å². The van der Waals surface area contributed by atoms with Gasteiger partial charge in [-0.2, -0.15) is 4.98 Å². The molecule has 0 N–H and O–H groups in total. The summed E-state index contributed by atoms with van der Waals surface area (Å²) in [5, 5.41) is 0. The number of rotatable bonds is 8. The van der Waals surface area contributed by atoms with Crippen LogP contribution in [0, 0.1) is 5.92 Å². The van der Waals surface area contributed by atoms with Crippen LogP contribution in [0.1, 0.15) is 31.2 Å². The molecule has 3 aromatic heterocycles. The van der Waals surface area contributed by atoms with Crippen LogP contribution in [-0.4, -0.2) is 45.6 Å². The Morgan fingerprint density at radius 2 is 1.73 bits per heavy atom. The topological polar surface area (TPSA) is 51.8 Å². The van der Waals surface area contributed by atoms with Crippen LogP contribution in [0.15, 0.2) is 65.6 Å². The van der Waals surface area contributed by atoms with Crippen LogP contribution in [0.25, 0.3) is 16.7 Å². The molecule has 1 aliphatic rings. The van der Waals surface area contributed by atoms with Crippen LogP contribution in [0.4, 0.5) is 0 Å². The second-order valence-corrected chi connectivity index (χ2v) is 9.10. The van der Waals surface area contributed by atoms with Gasteiger partial charge in [-0.25, -0.2) is 0 Å². The van der Waals surface area contributed by atoms with E-state index in [9.17, 15) is 4.79 Å². The molecule has 0 bridgehead atoms. The first-order valence-corrected chi connectivity index (χ1v) is 12.0. The predicted octanol–water partition coefficient (Wildman–Crippen LogP) is 4.39. The van der Waals surface area contributed by atoms with Crippen LogP contribution in [0.2, 0.25) is 0 Å². The van der Waals surface area contributed by atoms with E-state index in [0.717, 1.165) is 36.5 Å². The lowest BCUT2D eigenvalue weighted by Gasteiger charge is -2.32. The molecule has 0 amide bonds. The Labute approximate surface area is 194 Å². The van der Waals surface area contributed by atoms with Gasteiger partial charge in [-0.3, -0.25) is 9.20 Å². The molecule has 5 rings (SSSR count). The van der Waals surface area contributed by atoms with E-state index in [4.69, 9.17) is 4.74 Å². The summed E-state index contributed by atoms with van der Waals surface area (Å²) in [6.07, 6.45) is 7.70. The molecule has 0 atom stereocenters. The number of pyridine rings is 1. The molecule has 0 saturated carbocycles. The van der Waals surface area contributed by atoms with Crippen molar-refractivity contribution in [1.29, 1.82) is 0 Å². The second kappa shape index (κ2) is 9.79. The first-order valence-electron chi connectivity index (χ1n) is 12.0. The summed E-state index contributed by atoms with van der Waals surface area (Å²) in [5.74, 6) is 1.35. The minimum absolute atomic E-state index is 0.0428. The summed E-state index contributed by atoms with van der Waals surface area (Å²) < 4.78 is 9.04. The first-order chi connectivity index (χ1) is 16.2. The zero-order valence-electron chi connectivity index (χ0n) is 19.3. The van der Waals surface area contributed by atoms with Gasteiger partial charge in [-0.05, 0) is 81.4 Å². The SMILES string of the molecule is COc1ccc2c(n1)n1cccc1c(=O)n2CCCCN1CCC(Cc2ccccc2)CC1. The quantitative estimate of drug-likeness (QED) is 0.378. The predicted molar refractivity (Wildman–Crippen MR) is 132 cm³/mol. The van der Waals surface area contributed by atoms with E-state index in [2.05, 4.69) is 40.2 Å². The molecule has 6 heteroatoms. The molecule has 0 radical (unpaired) electrons. The van der Waals surface area contributed by atoms with E-state index in [1.807, 2.05) is 39.4 Å². The van der Waals surface area contributed by atoms with Gasteiger partial charge in [-0.15, -0.1) is 0 Å². The van der Waals surface area contributed by atoms with Crippen molar-refractivity contribution in [1.82, 2.24) is 18.9 Å². The summed E-state index contributed by atoms with van der Waals surface area (Å²) in [5.41, 5.74) is 3.77. The first kappa shape index (κ1) is 21.7. The van der Waals surface area contributed by atoms with Gasteiger partial charge in [0.2, 0.25) is 5.88 Å². The number of likely N-dealkylation sites (tertiary alicyclic amines) is 1. The van der Waals surface area contributed by atoms with Crippen molar-refractivity contribution in [2.75, 3.05) is 26.7 Å². The molecular weight excluding hydrogens is 412 g/mol. The number of aryl methyl sites for hydroxylation is 1. The highest BCUT2D eigenvalue weighted by molar-refractivity contribution is 5.75. The van der Waals surface area contributed by atoms with E-state index in [0.29, 0.717) is 17.9 Å². The number of unbranched alkanes of at least 4 members (excludes halogenated alkanes) is 1. The maximum atomic E-state index is 13.1. The molecule has 33 heavy (non-hydrogen) atoms. The van der Waals surface area contributed by atoms with Crippen molar-refractivity contribution in [2.24, 2.45) is 5.92 Å².